The Morgan fingerprint density at radius 1 is 1.28 bits per heavy atom. The first-order valence-corrected chi connectivity index (χ1v) is 10.2. The van der Waals surface area contributed by atoms with E-state index in [9.17, 15) is 23.1 Å². The molecular formula is C21H27F3N2O3. The average Bonchev–Trinajstić information content (AvgIpc) is 2.58. The minimum Gasteiger partial charge on any atom is -0.474 e. The number of likely N-dealkylation sites (tertiary alicyclic amines) is 1. The van der Waals surface area contributed by atoms with Gasteiger partial charge in [0, 0.05) is 36.2 Å². The van der Waals surface area contributed by atoms with Gasteiger partial charge in [0.2, 0.25) is 11.8 Å². The molecule has 1 N–H and O–H groups in total. The Balaban J connectivity index is 1.26. The van der Waals surface area contributed by atoms with E-state index in [2.05, 4.69) is 4.98 Å². The van der Waals surface area contributed by atoms with Crippen LogP contribution in [0.25, 0.3) is 0 Å². The van der Waals surface area contributed by atoms with Crippen LogP contribution in [-0.2, 0) is 11.0 Å². The summed E-state index contributed by atoms with van der Waals surface area (Å²) in [5.74, 6) is 0.377. The number of ether oxygens (including phenoxy) is 1. The summed E-state index contributed by atoms with van der Waals surface area (Å²) in [5.41, 5.74) is -0.929. The van der Waals surface area contributed by atoms with Crippen LogP contribution in [0.15, 0.2) is 12.3 Å². The van der Waals surface area contributed by atoms with E-state index in [1.165, 1.54) is 0 Å². The normalized spacial score (nSPS) is 29.3. The van der Waals surface area contributed by atoms with Gasteiger partial charge in [0.05, 0.1) is 11.2 Å². The fourth-order valence-corrected chi connectivity index (χ4v) is 4.99. The lowest BCUT2D eigenvalue weighted by Gasteiger charge is -2.55. The minimum absolute atomic E-state index is 0.0456. The maximum atomic E-state index is 12.8. The first kappa shape index (κ1) is 20.4. The Morgan fingerprint density at radius 2 is 1.90 bits per heavy atom. The molecule has 1 aromatic rings. The SMILES string of the molecule is Cc1cc(C(F)(F)F)cnc1OC1CCC2(CC1)CN(C(=O)C1CC(C)(O)C1)C2. The third kappa shape index (κ3) is 4.09. The van der Waals surface area contributed by atoms with Gasteiger partial charge in [-0.25, -0.2) is 4.98 Å². The highest BCUT2D eigenvalue weighted by Crippen LogP contribution is 2.47. The molecule has 1 saturated heterocycles. The molecule has 0 unspecified atom stereocenters. The van der Waals surface area contributed by atoms with Crippen LogP contribution >= 0.6 is 0 Å². The predicted molar refractivity (Wildman–Crippen MR) is 99.2 cm³/mol. The molecule has 2 saturated carbocycles. The van der Waals surface area contributed by atoms with Crippen molar-refractivity contribution in [3.05, 3.63) is 23.4 Å². The summed E-state index contributed by atoms with van der Waals surface area (Å²) in [6.07, 6.45) is 0.929. The number of carbonyl (C=O) groups excluding carboxylic acids is 1. The maximum absolute atomic E-state index is 12.8. The zero-order valence-electron chi connectivity index (χ0n) is 16.8. The first-order valence-electron chi connectivity index (χ1n) is 10.2. The Labute approximate surface area is 168 Å². The summed E-state index contributed by atoms with van der Waals surface area (Å²) in [7, 11) is 0. The molecule has 1 spiro atoms. The summed E-state index contributed by atoms with van der Waals surface area (Å²) < 4.78 is 44.2. The lowest BCUT2D eigenvalue weighted by atomic mass is 9.66. The molecule has 3 fully saturated rings. The summed E-state index contributed by atoms with van der Waals surface area (Å²) in [6, 6.07) is 1.07. The Kier molecular flexibility index (Phi) is 4.83. The van der Waals surface area contributed by atoms with Crippen LogP contribution in [0.2, 0.25) is 0 Å². The first-order chi connectivity index (χ1) is 13.5. The Bertz CT molecular complexity index is 785. The van der Waals surface area contributed by atoms with Crippen molar-refractivity contribution in [3.63, 3.8) is 0 Å². The van der Waals surface area contributed by atoms with Crippen molar-refractivity contribution in [2.45, 2.75) is 70.3 Å². The van der Waals surface area contributed by atoms with Crippen LogP contribution < -0.4 is 4.74 Å². The molecule has 29 heavy (non-hydrogen) atoms. The minimum atomic E-state index is -4.41. The third-order valence-corrected chi connectivity index (χ3v) is 6.71. The topological polar surface area (TPSA) is 62.7 Å². The van der Waals surface area contributed by atoms with Gasteiger partial charge in [-0.1, -0.05) is 0 Å². The van der Waals surface area contributed by atoms with E-state index >= 15 is 0 Å². The fraction of sp³-hybridized carbons (Fsp3) is 0.714. The summed E-state index contributed by atoms with van der Waals surface area (Å²) in [5, 5.41) is 9.83. The molecule has 1 aromatic heterocycles. The molecule has 5 nitrogen and oxygen atoms in total. The van der Waals surface area contributed by atoms with Crippen LogP contribution in [0.4, 0.5) is 13.2 Å². The molecule has 1 aliphatic heterocycles. The number of nitrogens with zero attached hydrogens (tertiary/aromatic N) is 2. The smallest absolute Gasteiger partial charge is 0.417 e. The fourth-order valence-electron chi connectivity index (χ4n) is 4.99. The molecule has 1 amide bonds. The second kappa shape index (κ2) is 6.86. The molecule has 0 aromatic carbocycles. The molecule has 160 valence electrons. The van der Waals surface area contributed by atoms with Gasteiger partial charge in [0.15, 0.2) is 0 Å². The van der Waals surface area contributed by atoms with Crippen molar-refractivity contribution >= 4 is 5.91 Å². The van der Waals surface area contributed by atoms with E-state index in [1.807, 2.05) is 4.90 Å². The molecule has 0 bridgehead atoms. The van der Waals surface area contributed by atoms with Crippen molar-refractivity contribution < 1.29 is 27.8 Å². The zero-order chi connectivity index (χ0) is 21.0. The van der Waals surface area contributed by atoms with Gasteiger partial charge < -0.3 is 14.7 Å². The molecule has 0 atom stereocenters. The number of hydrogen-bond donors (Lipinski definition) is 1. The maximum Gasteiger partial charge on any atom is 0.417 e. The Morgan fingerprint density at radius 3 is 2.41 bits per heavy atom. The number of hydrogen-bond acceptors (Lipinski definition) is 4. The number of aliphatic hydroxyl groups is 1. The monoisotopic (exact) mass is 412 g/mol. The van der Waals surface area contributed by atoms with Gasteiger partial charge in [-0.3, -0.25) is 4.79 Å². The Hall–Kier alpha value is -1.83. The van der Waals surface area contributed by atoms with Crippen LogP contribution in [0, 0.1) is 18.3 Å². The van der Waals surface area contributed by atoms with Gasteiger partial charge in [-0.2, -0.15) is 13.2 Å². The second-order valence-corrected chi connectivity index (χ2v) is 9.46. The van der Waals surface area contributed by atoms with Gasteiger partial charge in [0.25, 0.3) is 0 Å². The van der Waals surface area contributed by atoms with Crippen LogP contribution in [-0.4, -0.2) is 45.7 Å². The highest BCUT2D eigenvalue weighted by molar-refractivity contribution is 5.81. The lowest BCUT2D eigenvalue weighted by molar-refractivity contribution is -0.164. The number of carbonyl (C=O) groups is 1. The number of amides is 1. The molecule has 2 heterocycles. The number of alkyl halides is 3. The molecule has 8 heteroatoms. The molecule has 4 rings (SSSR count). The quantitative estimate of drug-likeness (QED) is 0.822. The number of aromatic nitrogens is 1. The van der Waals surface area contributed by atoms with Crippen LogP contribution in [0.1, 0.15) is 56.6 Å². The summed E-state index contributed by atoms with van der Waals surface area (Å²) in [4.78, 5) is 18.2. The standard InChI is InChI=1S/C21H27F3N2O3/c1-13-7-15(21(22,23)24)10-25-17(13)29-16-3-5-20(6-4-16)11-26(12-20)18(27)14-8-19(2,28)9-14/h7,10,14,16,28H,3-6,8-9,11-12H2,1-2H3. The average molecular weight is 412 g/mol. The van der Waals surface area contributed by atoms with E-state index < -0.39 is 17.3 Å². The van der Waals surface area contributed by atoms with Crippen molar-refractivity contribution in [1.29, 1.82) is 0 Å². The number of halogens is 3. The van der Waals surface area contributed by atoms with Gasteiger partial charge >= 0.3 is 6.18 Å². The largest absolute Gasteiger partial charge is 0.474 e. The van der Waals surface area contributed by atoms with E-state index in [4.69, 9.17) is 4.74 Å². The highest BCUT2D eigenvalue weighted by atomic mass is 19.4. The van der Waals surface area contributed by atoms with Gasteiger partial charge in [0.1, 0.15) is 6.10 Å². The van der Waals surface area contributed by atoms with Crippen molar-refractivity contribution in [2.75, 3.05) is 13.1 Å². The van der Waals surface area contributed by atoms with E-state index in [0.29, 0.717) is 18.4 Å². The van der Waals surface area contributed by atoms with Crippen molar-refractivity contribution in [2.24, 2.45) is 11.3 Å². The van der Waals surface area contributed by atoms with E-state index in [-0.39, 0.29) is 29.2 Å². The lowest BCUT2D eigenvalue weighted by Crippen LogP contribution is -2.63. The number of aryl methyl sites for hydroxylation is 1. The van der Waals surface area contributed by atoms with Crippen LogP contribution in [0.5, 0.6) is 5.88 Å². The molecule has 3 aliphatic rings. The van der Waals surface area contributed by atoms with E-state index in [0.717, 1.165) is 51.0 Å². The molecular weight excluding hydrogens is 385 g/mol. The molecule has 2 aliphatic carbocycles. The summed E-state index contributed by atoms with van der Waals surface area (Å²) in [6.45, 7) is 4.86. The molecule has 0 radical (unpaired) electrons. The van der Waals surface area contributed by atoms with Crippen LogP contribution in [0.3, 0.4) is 0 Å². The summed E-state index contributed by atoms with van der Waals surface area (Å²) >= 11 is 0. The third-order valence-electron chi connectivity index (χ3n) is 6.71. The second-order valence-electron chi connectivity index (χ2n) is 9.46. The predicted octanol–water partition coefficient (Wildman–Crippen LogP) is 3.72. The van der Waals surface area contributed by atoms with E-state index in [1.54, 1.807) is 13.8 Å². The number of rotatable bonds is 3. The number of pyridine rings is 1. The zero-order valence-corrected chi connectivity index (χ0v) is 16.8. The van der Waals surface area contributed by atoms with Gasteiger partial charge in [-0.05, 0) is 58.4 Å². The highest BCUT2D eigenvalue weighted by Gasteiger charge is 2.51. The van der Waals surface area contributed by atoms with Gasteiger partial charge in [-0.15, -0.1) is 0 Å². The van der Waals surface area contributed by atoms with Crippen molar-refractivity contribution in [3.8, 4) is 5.88 Å². The van der Waals surface area contributed by atoms with Crippen molar-refractivity contribution in [1.82, 2.24) is 9.88 Å².